The molecule has 0 spiro atoms. The third kappa shape index (κ3) is 6.06. The lowest BCUT2D eigenvalue weighted by Crippen LogP contribution is -2.47. The Balaban J connectivity index is 2.16. The smallest absolute Gasteiger partial charge is 0.237 e. The fourth-order valence-electron chi connectivity index (χ4n) is 2.25. The van der Waals surface area contributed by atoms with Crippen LogP contribution in [-0.4, -0.2) is 24.5 Å². The van der Waals surface area contributed by atoms with Crippen LogP contribution in [0.15, 0.2) is 0 Å². The van der Waals surface area contributed by atoms with E-state index >= 15 is 0 Å². The molecule has 1 atom stereocenters. The molecule has 0 bridgehead atoms. The average Bonchev–Trinajstić information content (AvgIpc) is 2.29. The number of rotatable bonds is 6. The van der Waals surface area contributed by atoms with Crippen molar-refractivity contribution in [3.05, 3.63) is 0 Å². The molecule has 1 amide bonds. The van der Waals surface area contributed by atoms with E-state index in [1.54, 1.807) is 0 Å². The summed E-state index contributed by atoms with van der Waals surface area (Å²) in [6.07, 6.45) is 7.30. The van der Waals surface area contributed by atoms with Crippen molar-refractivity contribution in [1.82, 2.24) is 10.6 Å². The molecule has 1 fully saturated rings. The molecule has 0 saturated heterocycles. The molecule has 3 heteroatoms. The van der Waals surface area contributed by atoms with Crippen LogP contribution in [0, 0.1) is 5.92 Å². The average molecular weight is 240 g/mol. The topological polar surface area (TPSA) is 41.1 Å². The van der Waals surface area contributed by atoms with Crippen molar-refractivity contribution in [3.8, 4) is 0 Å². The number of nitrogens with one attached hydrogen (secondary N) is 2. The molecule has 1 saturated carbocycles. The largest absolute Gasteiger partial charge is 0.352 e. The first-order valence-corrected chi connectivity index (χ1v) is 7.13. The molecular formula is C14H28N2O. The molecule has 1 unspecified atom stereocenters. The van der Waals surface area contributed by atoms with Crippen LogP contribution in [-0.2, 0) is 4.79 Å². The molecular weight excluding hydrogens is 212 g/mol. The van der Waals surface area contributed by atoms with E-state index in [1.807, 2.05) is 6.92 Å². The van der Waals surface area contributed by atoms with Gasteiger partial charge >= 0.3 is 0 Å². The van der Waals surface area contributed by atoms with Crippen LogP contribution in [0.3, 0.4) is 0 Å². The Kier molecular flexibility index (Phi) is 6.56. The van der Waals surface area contributed by atoms with Crippen LogP contribution in [0.25, 0.3) is 0 Å². The van der Waals surface area contributed by atoms with Crippen LogP contribution in [0.2, 0.25) is 0 Å². The van der Waals surface area contributed by atoms with E-state index in [-0.39, 0.29) is 11.9 Å². The summed E-state index contributed by atoms with van der Waals surface area (Å²) in [6, 6.07) is 0.362. The van der Waals surface area contributed by atoms with Gasteiger partial charge in [-0.15, -0.1) is 0 Å². The van der Waals surface area contributed by atoms with Crippen molar-refractivity contribution in [2.24, 2.45) is 5.92 Å². The van der Waals surface area contributed by atoms with Crippen LogP contribution >= 0.6 is 0 Å². The van der Waals surface area contributed by atoms with Crippen molar-refractivity contribution < 1.29 is 4.79 Å². The zero-order valence-corrected chi connectivity index (χ0v) is 11.6. The van der Waals surface area contributed by atoms with Crippen LogP contribution in [0.4, 0.5) is 0 Å². The van der Waals surface area contributed by atoms with Gasteiger partial charge in [0.2, 0.25) is 5.91 Å². The first-order valence-electron chi connectivity index (χ1n) is 7.13. The minimum Gasteiger partial charge on any atom is -0.352 e. The number of hydrogen-bond donors (Lipinski definition) is 2. The number of amides is 1. The molecule has 3 nitrogen and oxygen atoms in total. The third-order valence-corrected chi connectivity index (χ3v) is 3.52. The summed E-state index contributed by atoms with van der Waals surface area (Å²) >= 11 is 0. The Hall–Kier alpha value is -0.570. The highest BCUT2D eigenvalue weighted by Crippen LogP contribution is 2.17. The van der Waals surface area contributed by atoms with E-state index in [9.17, 15) is 4.79 Å². The molecule has 1 aliphatic carbocycles. The van der Waals surface area contributed by atoms with Gasteiger partial charge in [0.05, 0.1) is 6.04 Å². The first kappa shape index (κ1) is 14.5. The van der Waals surface area contributed by atoms with E-state index in [4.69, 9.17) is 0 Å². The van der Waals surface area contributed by atoms with E-state index in [0.717, 1.165) is 25.8 Å². The summed E-state index contributed by atoms with van der Waals surface area (Å²) in [6.45, 7) is 7.29. The van der Waals surface area contributed by atoms with E-state index < -0.39 is 0 Å². The lowest BCUT2D eigenvalue weighted by Gasteiger charge is -2.24. The van der Waals surface area contributed by atoms with Crippen molar-refractivity contribution in [2.75, 3.05) is 6.54 Å². The van der Waals surface area contributed by atoms with Crippen molar-refractivity contribution in [1.29, 1.82) is 0 Å². The zero-order valence-electron chi connectivity index (χ0n) is 11.6. The molecule has 0 aromatic carbocycles. The molecule has 0 radical (unpaired) electrons. The van der Waals surface area contributed by atoms with Gasteiger partial charge in [0.25, 0.3) is 0 Å². The highest BCUT2D eigenvalue weighted by molar-refractivity contribution is 5.81. The highest BCUT2D eigenvalue weighted by Gasteiger charge is 2.18. The lowest BCUT2D eigenvalue weighted by molar-refractivity contribution is -0.123. The Labute approximate surface area is 106 Å². The monoisotopic (exact) mass is 240 g/mol. The lowest BCUT2D eigenvalue weighted by atomic mass is 9.95. The van der Waals surface area contributed by atoms with Crippen molar-refractivity contribution in [3.63, 3.8) is 0 Å². The van der Waals surface area contributed by atoms with E-state index in [0.29, 0.717) is 12.0 Å². The van der Waals surface area contributed by atoms with Gasteiger partial charge in [-0.3, -0.25) is 4.79 Å². The van der Waals surface area contributed by atoms with Gasteiger partial charge in [-0.2, -0.15) is 0 Å². The van der Waals surface area contributed by atoms with Gasteiger partial charge in [0.15, 0.2) is 0 Å². The maximum atomic E-state index is 11.9. The standard InChI is InChI=1S/C14H28N2O/c1-11(2)9-10-15-12(3)14(17)16-13-7-5-4-6-8-13/h11-13,15H,4-10H2,1-3H3,(H,16,17). The van der Waals surface area contributed by atoms with Gasteiger partial charge in [-0.25, -0.2) is 0 Å². The highest BCUT2D eigenvalue weighted by atomic mass is 16.2. The fourth-order valence-corrected chi connectivity index (χ4v) is 2.25. The van der Waals surface area contributed by atoms with Crippen molar-refractivity contribution >= 4 is 5.91 Å². The summed E-state index contributed by atoms with van der Waals surface area (Å²) in [5.41, 5.74) is 0. The molecule has 2 N–H and O–H groups in total. The molecule has 0 heterocycles. The summed E-state index contributed by atoms with van der Waals surface area (Å²) in [5, 5.41) is 6.45. The summed E-state index contributed by atoms with van der Waals surface area (Å²) in [5.74, 6) is 0.858. The molecule has 0 aromatic heterocycles. The normalized spacial score (nSPS) is 19.3. The minimum absolute atomic E-state index is 0.0596. The maximum absolute atomic E-state index is 11.9. The molecule has 100 valence electrons. The van der Waals surface area contributed by atoms with Crippen LogP contribution in [0.5, 0.6) is 0 Å². The zero-order chi connectivity index (χ0) is 12.7. The Morgan fingerprint density at radius 1 is 1.18 bits per heavy atom. The Morgan fingerprint density at radius 2 is 1.82 bits per heavy atom. The van der Waals surface area contributed by atoms with Crippen molar-refractivity contribution in [2.45, 2.75) is 71.4 Å². The predicted octanol–water partition coefficient (Wildman–Crippen LogP) is 2.46. The van der Waals surface area contributed by atoms with Gasteiger partial charge in [0, 0.05) is 6.04 Å². The Bertz CT molecular complexity index is 222. The van der Waals surface area contributed by atoms with Gasteiger partial charge in [-0.05, 0) is 38.6 Å². The SMILES string of the molecule is CC(C)CCNC(C)C(=O)NC1CCCCC1. The Morgan fingerprint density at radius 3 is 2.41 bits per heavy atom. The fraction of sp³-hybridized carbons (Fsp3) is 0.929. The molecule has 0 aliphatic heterocycles. The number of hydrogen-bond acceptors (Lipinski definition) is 2. The van der Waals surface area contributed by atoms with Crippen LogP contribution in [0.1, 0.15) is 59.3 Å². The summed E-state index contributed by atoms with van der Waals surface area (Å²) in [4.78, 5) is 11.9. The molecule has 17 heavy (non-hydrogen) atoms. The maximum Gasteiger partial charge on any atom is 0.237 e. The molecule has 1 aliphatic rings. The summed E-state index contributed by atoms with van der Waals surface area (Å²) in [7, 11) is 0. The summed E-state index contributed by atoms with van der Waals surface area (Å²) < 4.78 is 0. The second kappa shape index (κ2) is 7.70. The molecule has 1 rings (SSSR count). The van der Waals surface area contributed by atoms with Gasteiger partial charge in [0.1, 0.15) is 0 Å². The second-order valence-corrected chi connectivity index (χ2v) is 5.70. The first-order chi connectivity index (χ1) is 8.09. The number of carbonyl (C=O) groups is 1. The van der Waals surface area contributed by atoms with Gasteiger partial charge < -0.3 is 10.6 Å². The molecule has 0 aromatic rings. The van der Waals surface area contributed by atoms with E-state index in [2.05, 4.69) is 24.5 Å². The van der Waals surface area contributed by atoms with E-state index in [1.165, 1.54) is 19.3 Å². The quantitative estimate of drug-likeness (QED) is 0.749. The van der Waals surface area contributed by atoms with Crippen LogP contribution < -0.4 is 10.6 Å². The minimum atomic E-state index is -0.0596. The van der Waals surface area contributed by atoms with Gasteiger partial charge in [-0.1, -0.05) is 33.1 Å². The predicted molar refractivity (Wildman–Crippen MR) is 71.9 cm³/mol. The second-order valence-electron chi connectivity index (χ2n) is 5.70. The number of carbonyl (C=O) groups excluding carboxylic acids is 1. The third-order valence-electron chi connectivity index (χ3n) is 3.52.